The van der Waals surface area contributed by atoms with Crippen LogP contribution < -0.4 is 0 Å². The molecule has 12 heavy (non-hydrogen) atoms. The van der Waals surface area contributed by atoms with E-state index in [1.54, 1.807) is 0 Å². The Morgan fingerprint density at radius 3 is 2.42 bits per heavy atom. The van der Waals surface area contributed by atoms with E-state index < -0.39 is 0 Å². The summed E-state index contributed by atoms with van der Waals surface area (Å²) in [6, 6.07) is 0. The van der Waals surface area contributed by atoms with E-state index in [-0.39, 0.29) is 0 Å². The number of morpholine rings is 1. The molecule has 1 heterocycles. The molecule has 72 valence electrons. The highest BCUT2D eigenvalue weighted by atomic mass is 16.5. The molecule has 0 spiro atoms. The van der Waals surface area contributed by atoms with E-state index in [0.717, 1.165) is 32.8 Å². The number of rotatable bonds is 4. The standard InChI is InChI=1S/C9H20N2O/c1-3-5-10(4-2)11-6-8-12-9-7-11/h3-9H2,1-2H3. The molecular formula is C9H20N2O. The lowest BCUT2D eigenvalue weighted by Crippen LogP contribution is -2.48. The summed E-state index contributed by atoms with van der Waals surface area (Å²) in [5.74, 6) is 0. The summed E-state index contributed by atoms with van der Waals surface area (Å²) < 4.78 is 5.30. The summed E-state index contributed by atoms with van der Waals surface area (Å²) in [5.41, 5.74) is 0. The van der Waals surface area contributed by atoms with Crippen molar-refractivity contribution in [3.63, 3.8) is 0 Å². The van der Waals surface area contributed by atoms with Crippen LogP contribution in [0, 0.1) is 0 Å². The van der Waals surface area contributed by atoms with Crippen molar-refractivity contribution >= 4 is 0 Å². The molecule has 0 bridgehead atoms. The van der Waals surface area contributed by atoms with Gasteiger partial charge < -0.3 is 4.74 Å². The van der Waals surface area contributed by atoms with E-state index in [9.17, 15) is 0 Å². The molecule has 1 saturated heterocycles. The molecule has 0 aliphatic carbocycles. The Morgan fingerprint density at radius 1 is 1.25 bits per heavy atom. The molecule has 1 fully saturated rings. The predicted octanol–water partition coefficient (Wildman–Crippen LogP) is 0.966. The molecular weight excluding hydrogens is 152 g/mol. The highest BCUT2D eigenvalue weighted by Gasteiger charge is 2.15. The maximum absolute atomic E-state index is 5.30. The summed E-state index contributed by atoms with van der Waals surface area (Å²) in [6.07, 6.45) is 1.23. The van der Waals surface area contributed by atoms with Crippen LogP contribution in [0.3, 0.4) is 0 Å². The summed E-state index contributed by atoms with van der Waals surface area (Å²) in [5, 5.41) is 4.83. The Morgan fingerprint density at radius 2 is 1.92 bits per heavy atom. The van der Waals surface area contributed by atoms with Crippen molar-refractivity contribution in [3.8, 4) is 0 Å². The maximum Gasteiger partial charge on any atom is 0.0608 e. The molecule has 1 rings (SSSR count). The van der Waals surface area contributed by atoms with Gasteiger partial charge in [0.1, 0.15) is 0 Å². The third-order valence-electron chi connectivity index (χ3n) is 2.23. The fourth-order valence-corrected chi connectivity index (χ4v) is 1.59. The maximum atomic E-state index is 5.30. The van der Waals surface area contributed by atoms with E-state index in [0.29, 0.717) is 0 Å². The van der Waals surface area contributed by atoms with Gasteiger partial charge in [-0.2, -0.15) is 0 Å². The van der Waals surface area contributed by atoms with Gasteiger partial charge >= 0.3 is 0 Å². The van der Waals surface area contributed by atoms with Crippen LogP contribution in [0.25, 0.3) is 0 Å². The molecule has 0 unspecified atom stereocenters. The average Bonchev–Trinajstić information content (AvgIpc) is 2.15. The molecule has 0 aromatic carbocycles. The van der Waals surface area contributed by atoms with Crippen LogP contribution in [-0.4, -0.2) is 49.4 Å². The molecule has 1 aliphatic heterocycles. The fourth-order valence-electron chi connectivity index (χ4n) is 1.59. The van der Waals surface area contributed by atoms with Crippen LogP contribution in [0.2, 0.25) is 0 Å². The monoisotopic (exact) mass is 172 g/mol. The zero-order valence-corrected chi connectivity index (χ0v) is 8.25. The molecule has 0 saturated carbocycles. The molecule has 0 aromatic rings. The number of ether oxygens (including phenoxy) is 1. The van der Waals surface area contributed by atoms with Crippen LogP contribution in [-0.2, 0) is 4.74 Å². The second-order valence-corrected chi connectivity index (χ2v) is 3.11. The van der Waals surface area contributed by atoms with E-state index >= 15 is 0 Å². The third-order valence-corrected chi connectivity index (χ3v) is 2.23. The van der Waals surface area contributed by atoms with Gasteiger partial charge in [0, 0.05) is 26.2 Å². The molecule has 0 aromatic heterocycles. The van der Waals surface area contributed by atoms with Crippen LogP contribution >= 0.6 is 0 Å². The first kappa shape index (κ1) is 9.96. The SMILES string of the molecule is CCCN(CC)N1CCOCC1. The highest BCUT2D eigenvalue weighted by molar-refractivity contribution is 4.60. The number of hydrogen-bond acceptors (Lipinski definition) is 3. The molecule has 0 radical (unpaired) electrons. The van der Waals surface area contributed by atoms with Gasteiger partial charge in [0.25, 0.3) is 0 Å². The van der Waals surface area contributed by atoms with Gasteiger partial charge in [-0.3, -0.25) is 0 Å². The van der Waals surface area contributed by atoms with Gasteiger partial charge in [-0.05, 0) is 6.42 Å². The Bertz CT molecular complexity index is 110. The molecule has 3 nitrogen and oxygen atoms in total. The summed E-state index contributed by atoms with van der Waals surface area (Å²) >= 11 is 0. The molecule has 0 amide bonds. The van der Waals surface area contributed by atoms with Crippen LogP contribution in [0.1, 0.15) is 20.3 Å². The van der Waals surface area contributed by atoms with Crippen molar-refractivity contribution in [1.82, 2.24) is 10.0 Å². The van der Waals surface area contributed by atoms with Crippen LogP contribution in [0.4, 0.5) is 0 Å². The Hall–Kier alpha value is -0.120. The topological polar surface area (TPSA) is 15.7 Å². The second kappa shape index (κ2) is 5.51. The smallest absolute Gasteiger partial charge is 0.0608 e. The number of hydrazine groups is 1. The predicted molar refractivity (Wildman–Crippen MR) is 49.9 cm³/mol. The van der Waals surface area contributed by atoms with Crippen molar-refractivity contribution in [3.05, 3.63) is 0 Å². The van der Waals surface area contributed by atoms with Gasteiger partial charge in [-0.1, -0.05) is 13.8 Å². The van der Waals surface area contributed by atoms with E-state index in [4.69, 9.17) is 4.74 Å². The number of hydrogen-bond donors (Lipinski definition) is 0. The highest BCUT2D eigenvalue weighted by Crippen LogP contribution is 2.03. The molecule has 0 atom stereocenters. The zero-order valence-electron chi connectivity index (χ0n) is 8.25. The molecule has 3 heteroatoms. The van der Waals surface area contributed by atoms with Gasteiger partial charge in [0.2, 0.25) is 0 Å². The van der Waals surface area contributed by atoms with E-state index in [1.165, 1.54) is 13.0 Å². The minimum absolute atomic E-state index is 0.889. The van der Waals surface area contributed by atoms with Crippen molar-refractivity contribution in [2.24, 2.45) is 0 Å². The van der Waals surface area contributed by atoms with E-state index in [2.05, 4.69) is 23.9 Å². The van der Waals surface area contributed by atoms with E-state index in [1.807, 2.05) is 0 Å². The first-order chi connectivity index (χ1) is 5.88. The van der Waals surface area contributed by atoms with Gasteiger partial charge in [-0.15, -0.1) is 0 Å². The van der Waals surface area contributed by atoms with Crippen molar-refractivity contribution in [1.29, 1.82) is 0 Å². The quantitative estimate of drug-likeness (QED) is 0.628. The van der Waals surface area contributed by atoms with Gasteiger partial charge in [-0.25, -0.2) is 10.0 Å². The molecule has 1 aliphatic rings. The number of nitrogens with zero attached hydrogens (tertiary/aromatic N) is 2. The summed E-state index contributed by atoms with van der Waals surface area (Å²) in [4.78, 5) is 0. The average molecular weight is 172 g/mol. The second-order valence-electron chi connectivity index (χ2n) is 3.11. The Balaban J connectivity index is 2.29. The van der Waals surface area contributed by atoms with Crippen molar-refractivity contribution in [2.45, 2.75) is 20.3 Å². The zero-order chi connectivity index (χ0) is 8.81. The van der Waals surface area contributed by atoms with Gasteiger partial charge in [0.05, 0.1) is 13.2 Å². The molecule has 0 N–H and O–H groups in total. The lowest BCUT2D eigenvalue weighted by molar-refractivity contribution is -0.0873. The van der Waals surface area contributed by atoms with Gasteiger partial charge in [0.15, 0.2) is 0 Å². The minimum Gasteiger partial charge on any atom is -0.379 e. The lowest BCUT2D eigenvalue weighted by Gasteiger charge is -2.36. The largest absolute Gasteiger partial charge is 0.379 e. The summed E-state index contributed by atoms with van der Waals surface area (Å²) in [6.45, 7) is 10.6. The fraction of sp³-hybridized carbons (Fsp3) is 1.00. The normalized spacial score (nSPS) is 20.2. The lowest BCUT2D eigenvalue weighted by atomic mass is 10.4. The third kappa shape index (κ3) is 2.73. The van der Waals surface area contributed by atoms with Crippen molar-refractivity contribution < 1.29 is 4.74 Å². The minimum atomic E-state index is 0.889. The van der Waals surface area contributed by atoms with Crippen molar-refractivity contribution in [2.75, 3.05) is 39.4 Å². The Kier molecular flexibility index (Phi) is 4.58. The Labute approximate surface area is 75.3 Å². The first-order valence-electron chi connectivity index (χ1n) is 4.96. The van der Waals surface area contributed by atoms with Crippen LogP contribution in [0.5, 0.6) is 0 Å². The summed E-state index contributed by atoms with van der Waals surface area (Å²) in [7, 11) is 0. The first-order valence-corrected chi connectivity index (χ1v) is 4.96. The van der Waals surface area contributed by atoms with Crippen LogP contribution in [0.15, 0.2) is 0 Å².